The van der Waals surface area contributed by atoms with Crippen molar-refractivity contribution < 1.29 is 28.6 Å². The fourth-order valence-corrected chi connectivity index (χ4v) is 5.24. The summed E-state index contributed by atoms with van der Waals surface area (Å²) in [5.74, 6) is -0.517. The number of ether oxygens (including phenoxy) is 3. The van der Waals surface area contributed by atoms with E-state index in [1.165, 1.54) is 0 Å². The number of esters is 1. The van der Waals surface area contributed by atoms with E-state index in [1.807, 2.05) is 9.80 Å². The molecule has 4 heterocycles. The lowest BCUT2D eigenvalue weighted by molar-refractivity contribution is -0.187. The molecule has 2 amide bonds. The Kier molecular flexibility index (Phi) is 7.09. The van der Waals surface area contributed by atoms with Crippen molar-refractivity contribution in [1.82, 2.24) is 14.8 Å². The molecule has 0 aliphatic carbocycles. The smallest absolute Gasteiger partial charge is 0.355 e. The molecular formula is C24H35N3O6. The number of hydrogen-bond donors (Lipinski definition) is 1. The molecule has 1 spiro atoms. The summed E-state index contributed by atoms with van der Waals surface area (Å²) in [7, 11) is 0. The largest absolute Gasteiger partial charge is 0.461 e. The Hall–Kier alpha value is -2.39. The second kappa shape index (κ2) is 9.85. The summed E-state index contributed by atoms with van der Waals surface area (Å²) in [6.45, 7) is 9.46. The lowest BCUT2D eigenvalue weighted by Gasteiger charge is -2.38. The predicted octanol–water partition coefficient (Wildman–Crippen LogP) is 2.42. The molecule has 0 aromatic carbocycles. The maximum atomic E-state index is 13.2. The van der Waals surface area contributed by atoms with E-state index in [0.717, 1.165) is 25.7 Å². The third-order valence-corrected chi connectivity index (χ3v) is 7.19. The van der Waals surface area contributed by atoms with Crippen LogP contribution in [-0.4, -0.2) is 84.4 Å². The van der Waals surface area contributed by atoms with Crippen molar-refractivity contribution in [3.63, 3.8) is 0 Å². The van der Waals surface area contributed by atoms with Crippen LogP contribution in [0.3, 0.4) is 0 Å². The Bertz CT molecular complexity index is 886. The van der Waals surface area contributed by atoms with E-state index in [1.54, 1.807) is 20.8 Å². The van der Waals surface area contributed by atoms with Gasteiger partial charge in [0.15, 0.2) is 5.79 Å². The summed E-state index contributed by atoms with van der Waals surface area (Å²) < 4.78 is 16.6. The van der Waals surface area contributed by atoms with Crippen molar-refractivity contribution in [2.45, 2.75) is 58.7 Å². The fourth-order valence-electron chi connectivity index (χ4n) is 5.24. The molecule has 4 rings (SSSR count). The van der Waals surface area contributed by atoms with E-state index in [-0.39, 0.29) is 24.3 Å². The maximum absolute atomic E-state index is 13.2. The van der Waals surface area contributed by atoms with E-state index in [9.17, 15) is 14.4 Å². The zero-order chi connectivity index (χ0) is 23.6. The summed E-state index contributed by atoms with van der Waals surface area (Å²) in [5, 5.41) is 0. The summed E-state index contributed by atoms with van der Waals surface area (Å²) in [5.41, 5.74) is 2.20. The van der Waals surface area contributed by atoms with Crippen LogP contribution in [0, 0.1) is 19.8 Å². The zero-order valence-corrected chi connectivity index (χ0v) is 19.9. The molecule has 33 heavy (non-hydrogen) atoms. The topological polar surface area (TPSA) is 101 Å². The number of carbonyl (C=O) groups is 3. The summed E-state index contributed by atoms with van der Waals surface area (Å²) in [6, 6.07) is 0. The van der Waals surface area contributed by atoms with Gasteiger partial charge in [0.05, 0.1) is 25.4 Å². The highest BCUT2D eigenvalue weighted by molar-refractivity contribution is 6.01. The van der Waals surface area contributed by atoms with Gasteiger partial charge in [-0.25, -0.2) is 4.79 Å². The number of rotatable bonds is 5. The zero-order valence-electron chi connectivity index (χ0n) is 19.9. The van der Waals surface area contributed by atoms with Crippen LogP contribution >= 0.6 is 0 Å². The standard InChI is InChI=1S/C24H35N3O6/c1-4-31-23(30)21-16(2)20(17(3)25-21)22(29)27-9-5-18(6-10-27)15-19(28)26-11-7-24(8-12-26)32-13-14-33-24/h18,25H,4-15H2,1-3H3. The summed E-state index contributed by atoms with van der Waals surface area (Å²) in [6.07, 6.45) is 3.58. The normalized spacial score (nSPS) is 20.9. The first-order valence-corrected chi connectivity index (χ1v) is 12.0. The van der Waals surface area contributed by atoms with Gasteiger partial charge in [-0.05, 0) is 45.1 Å². The number of nitrogens with zero attached hydrogens (tertiary/aromatic N) is 2. The molecule has 1 N–H and O–H groups in total. The van der Waals surface area contributed by atoms with Crippen LogP contribution < -0.4 is 0 Å². The Morgan fingerprint density at radius 2 is 1.67 bits per heavy atom. The molecular weight excluding hydrogens is 426 g/mol. The predicted molar refractivity (Wildman–Crippen MR) is 120 cm³/mol. The lowest BCUT2D eigenvalue weighted by atomic mass is 9.91. The van der Waals surface area contributed by atoms with E-state index >= 15 is 0 Å². The molecule has 9 heteroatoms. The molecule has 3 aliphatic heterocycles. The molecule has 182 valence electrons. The van der Waals surface area contributed by atoms with Crippen molar-refractivity contribution in [2.24, 2.45) is 5.92 Å². The number of aromatic nitrogens is 1. The Morgan fingerprint density at radius 3 is 2.27 bits per heavy atom. The highest BCUT2D eigenvalue weighted by Gasteiger charge is 2.41. The molecule has 3 aliphatic rings. The maximum Gasteiger partial charge on any atom is 0.355 e. The van der Waals surface area contributed by atoms with Crippen molar-refractivity contribution in [1.29, 1.82) is 0 Å². The molecule has 0 atom stereocenters. The minimum atomic E-state index is -0.468. The number of aryl methyl sites for hydroxylation is 1. The van der Waals surface area contributed by atoms with Gasteiger partial charge in [0.25, 0.3) is 5.91 Å². The minimum absolute atomic E-state index is 0.0699. The number of carbonyl (C=O) groups excluding carboxylic acids is 3. The SMILES string of the molecule is CCOC(=O)c1[nH]c(C)c(C(=O)N2CCC(CC(=O)N3CCC4(CC3)OCCO4)CC2)c1C. The van der Waals surface area contributed by atoms with Gasteiger partial charge in [-0.2, -0.15) is 0 Å². The van der Waals surface area contributed by atoms with Crippen LogP contribution in [0.15, 0.2) is 0 Å². The first-order valence-electron chi connectivity index (χ1n) is 12.0. The quantitative estimate of drug-likeness (QED) is 0.676. The Balaban J connectivity index is 1.28. The molecule has 0 saturated carbocycles. The van der Waals surface area contributed by atoms with E-state index < -0.39 is 11.8 Å². The van der Waals surface area contributed by atoms with Gasteiger partial charge in [0.2, 0.25) is 5.91 Å². The van der Waals surface area contributed by atoms with Gasteiger partial charge in [-0.15, -0.1) is 0 Å². The second-order valence-electron chi connectivity index (χ2n) is 9.27. The third-order valence-electron chi connectivity index (χ3n) is 7.19. The van der Waals surface area contributed by atoms with Crippen molar-refractivity contribution in [3.8, 4) is 0 Å². The Morgan fingerprint density at radius 1 is 1.03 bits per heavy atom. The monoisotopic (exact) mass is 461 g/mol. The Labute approximate surface area is 194 Å². The van der Waals surface area contributed by atoms with Gasteiger partial charge in [0.1, 0.15) is 5.69 Å². The molecule has 0 unspecified atom stereocenters. The van der Waals surface area contributed by atoms with Gasteiger partial charge in [-0.1, -0.05) is 0 Å². The summed E-state index contributed by atoms with van der Waals surface area (Å²) >= 11 is 0. The lowest BCUT2D eigenvalue weighted by Crippen LogP contribution is -2.48. The minimum Gasteiger partial charge on any atom is -0.461 e. The first kappa shape index (κ1) is 23.8. The van der Waals surface area contributed by atoms with Gasteiger partial charge >= 0.3 is 5.97 Å². The number of nitrogens with one attached hydrogen (secondary N) is 1. The highest BCUT2D eigenvalue weighted by Crippen LogP contribution is 2.32. The third kappa shape index (κ3) is 4.94. The molecule has 0 bridgehead atoms. The van der Waals surface area contributed by atoms with Crippen LogP contribution in [0.2, 0.25) is 0 Å². The van der Waals surface area contributed by atoms with Crippen LogP contribution in [0.5, 0.6) is 0 Å². The molecule has 1 aromatic rings. The van der Waals surface area contributed by atoms with Crippen molar-refractivity contribution in [3.05, 3.63) is 22.5 Å². The average Bonchev–Trinajstić information content (AvgIpc) is 3.38. The van der Waals surface area contributed by atoms with Crippen molar-refractivity contribution >= 4 is 17.8 Å². The molecule has 3 fully saturated rings. The molecule has 3 saturated heterocycles. The van der Waals surface area contributed by atoms with Gasteiger partial charge in [-0.3, -0.25) is 9.59 Å². The number of H-pyrrole nitrogens is 1. The van der Waals surface area contributed by atoms with Crippen LogP contribution in [0.25, 0.3) is 0 Å². The number of likely N-dealkylation sites (tertiary alicyclic amines) is 2. The molecule has 1 aromatic heterocycles. The van der Waals surface area contributed by atoms with Crippen LogP contribution in [-0.2, 0) is 19.0 Å². The van der Waals surface area contributed by atoms with Crippen molar-refractivity contribution in [2.75, 3.05) is 46.0 Å². The van der Waals surface area contributed by atoms with Gasteiger partial charge < -0.3 is 29.0 Å². The first-order chi connectivity index (χ1) is 15.8. The highest BCUT2D eigenvalue weighted by atomic mass is 16.7. The number of hydrogen-bond acceptors (Lipinski definition) is 6. The number of piperidine rings is 2. The summed E-state index contributed by atoms with van der Waals surface area (Å²) in [4.78, 5) is 44.9. The molecule has 0 radical (unpaired) electrons. The molecule has 9 nitrogen and oxygen atoms in total. The second-order valence-corrected chi connectivity index (χ2v) is 9.27. The number of aromatic amines is 1. The van der Waals surface area contributed by atoms with Gasteiger partial charge in [0, 0.05) is 51.1 Å². The fraction of sp³-hybridized carbons (Fsp3) is 0.708. The van der Waals surface area contributed by atoms with Crippen LogP contribution in [0.1, 0.15) is 71.1 Å². The van der Waals surface area contributed by atoms with E-state index in [2.05, 4.69) is 4.98 Å². The average molecular weight is 462 g/mol. The van der Waals surface area contributed by atoms with E-state index in [0.29, 0.717) is 68.3 Å². The van der Waals surface area contributed by atoms with E-state index in [4.69, 9.17) is 14.2 Å². The number of amides is 2. The van der Waals surface area contributed by atoms with Crippen LogP contribution in [0.4, 0.5) is 0 Å².